The molecule has 3 aromatic rings. The average molecular weight is 347 g/mol. The molecule has 0 unspecified atom stereocenters. The summed E-state index contributed by atoms with van der Waals surface area (Å²) in [6.45, 7) is 5.05. The summed E-state index contributed by atoms with van der Waals surface area (Å²) in [7, 11) is 0. The van der Waals surface area contributed by atoms with Crippen LogP contribution in [-0.4, -0.2) is 14.5 Å². The van der Waals surface area contributed by atoms with Crippen molar-refractivity contribution in [2.45, 2.75) is 33.2 Å². The lowest BCUT2D eigenvalue weighted by molar-refractivity contribution is 0.240. The molecule has 2 aromatic heterocycles. The molecule has 0 saturated heterocycles. The number of benzene rings is 1. The topological polar surface area (TPSA) is 47.8 Å². The van der Waals surface area contributed by atoms with Gasteiger partial charge in [0.2, 0.25) is 0 Å². The summed E-state index contributed by atoms with van der Waals surface area (Å²) >= 11 is 0. The maximum atomic E-state index is 12.9. The maximum Gasteiger partial charge on any atom is 0.261 e. The summed E-state index contributed by atoms with van der Waals surface area (Å²) in [4.78, 5) is 21.4. The van der Waals surface area contributed by atoms with Gasteiger partial charge in [-0.25, -0.2) is 14.4 Å². The number of hydrogen-bond donors (Lipinski definition) is 0. The number of aromatic nitrogens is 3. The summed E-state index contributed by atoms with van der Waals surface area (Å²) in [5.74, 6) is 6.35. The summed E-state index contributed by atoms with van der Waals surface area (Å²) in [6.07, 6.45) is 2.95. The van der Waals surface area contributed by atoms with Gasteiger partial charge in [0.05, 0.1) is 17.1 Å². The number of pyridine rings is 1. The van der Waals surface area contributed by atoms with Crippen LogP contribution in [0, 0.1) is 23.1 Å². The third-order valence-corrected chi connectivity index (χ3v) is 4.71. The number of halogens is 1. The zero-order valence-corrected chi connectivity index (χ0v) is 14.7. The van der Waals surface area contributed by atoms with Crippen molar-refractivity contribution in [2.75, 3.05) is 0 Å². The molecular weight excluding hydrogens is 329 g/mol. The highest BCUT2D eigenvalue weighted by Gasteiger charge is 2.27. The molecular formula is C21H18FN3O. The molecule has 0 amide bonds. The number of rotatable bonds is 0. The Balaban J connectivity index is 1.75. The molecule has 26 heavy (non-hydrogen) atoms. The van der Waals surface area contributed by atoms with Crippen molar-refractivity contribution >= 4 is 10.9 Å². The molecule has 4 rings (SSSR count). The molecule has 5 heteroatoms. The summed E-state index contributed by atoms with van der Waals surface area (Å²) in [5.41, 5.74) is 2.03. The van der Waals surface area contributed by atoms with Gasteiger partial charge in [-0.05, 0) is 48.1 Å². The Bertz CT molecular complexity index is 1120. The highest BCUT2D eigenvalue weighted by atomic mass is 19.1. The minimum absolute atomic E-state index is 0.0116. The van der Waals surface area contributed by atoms with Crippen LogP contribution in [0.25, 0.3) is 10.9 Å². The Labute approximate surface area is 150 Å². The smallest absolute Gasteiger partial charge is 0.261 e. The van der Waals surface area contributed by atoms with Gasteiger partial charge >= 0.3 is 0 Å². The van der Waals surface area contributed by atoms with E-state index in [-0.39, 0.29) is 16.8 Å². The van der Waals surface area contributed by atoms with E-state index in [1.54, 1.807) is 10.6 Å². The molecule has 0 saturated carbocycles. The van der Waals surface area contributed by atoms with Crippen molar-refractivity contribution in [1.29, 1.82) is 0 Å². The molecule has 4 nitrogen and oxygen atoms in total. The van der Waals surface area contributed by atoms with Crippen molar-refractivity contribution in [1.82, 2.24) is 14.5 Å². The van der Waals surface area contributed by atoms with E-state index >= 15 is 0 Å². The van der Waals surface area contributed by atoms with E-state index < -0.39 is 0 Å². The molecule has 0 fully saturated rings. The number of aryl methyl sites for hydroxylation is 1. The molecule has 130 valence electrons. The maximum absolute atomic E-state index is 12.9. The van der Waals surface area contributed by atoms with Crippen LogP contribution in [0.5, 0.6) is 0 Å². The van der Waals surface area contributed by atoms with Crippen molar-refractivity contribution < 1.29 is 4.39 Å². The Kier molecular flexibility index (Phi) is 3.84. The van der Waals surface area contributed by atoms with E-state index in [0.717, 1.165) is 30.4 Å². The third kappa shape index (κ3) is 3.11. The van der Waals surface area contributed by atoms with E-state index in [4.69, 9.17) is 4.98 Å². The molecule has 1 aliphatic heterocycles. The van der Waals surface area contributed by atoms with E-state index in [9.17, 15) is 9.18 Å². The first-order valence-electron chi connectivity index (χ1n) is 8.58. The standard InChI is InChI=1S/C21H18FN3O/c1-21(2)10-9-19-24-18-11-14(3-6-16-7-5-15(22)12-23-16)4-8-17(18)20(26)25(19)13-21/h4-5,7-8,11-12H,9-10,13H2,1-2H3. The second-order valence-electron chi connectivity index (χ2n) is 7.43. The highest BCUT2D eigenvalue weighted by Crippen LogP contribution is 2.29. The van der Waals surface area contributed by atoms with Crippen LogP contribution in [0.15, 0.2) is 41.3 Å². The number of fused-ring (bicyclic) bond motifs is 2. The summed E-state index contributed by atoms with van der Waals surface area (Å²) < 4.78 is 14.7. The Morgan fingerprint density at radius 1 is 1.19 bits per heavy atom. The van der Waals surface area contributed by atoms with Gasteiger partial charge in [0, 0.05) is 18.5 Å². The monoisotopic (exact) mass is 347 g/mol. The van der Waals surface area contributed by atoms with Crippen molar-refractivity contribution in [3.63, 3.8) is 0 Å². The number of nitrogens with zero attached hydrogens (tertiary/aromatic N) is 3. The lowest BCUT2D eigenvalue weighted by Crippen LogP contribution is -2.36. The zero-order chi connectivity index (χ0) is 18.3. The average Bonchev–Trinajstić information content (AvgIpc) is 2.62. The van der Waals surface area contributed by atoms with Crippen LogP contribution in [-0.2, 0) is 13.0 Å². The molecule has 0 bridgehead atoms. The summed E-state index contributed by atoms with van der Waals surface area (Å²) in [6, 6.07) is 8.28. The van der Waals surface area contributed by atoms with E-state index in [1.165, 1.54) is 12.1 Å². The van der Waals surface area contributed by atoms with Crippen LogP contribution in [0.4, 0.5) is 4.39 Å². The second-order valence-corrected chi connectivity index (χ2v) is 7.43. The fraction of sp³-hybridized carbons (Fsp3) is 0.286. The van der Waals surface area contributed by atoms with Crippen LogP contribution in [0.2, 0.25) is 0 Å². The van der Waals surface area contributed by atoms with Crippen molar-refractivity contribution in [3.8, 4) is 11.8 Å². The van der Waals surface area contributed by atoms with Crippen LogP contribution < -0.4 is 5.56 Å². The van der Waals surface area contributed by atoms with Gasteiger partial charge in [-0.1, -0.05) is 19.8 Å². The van der Waals surface area contributed by atoms with E-state index in [0.29, 0.717) is 23.1 Å². The van der Waals surface area contributed by atoms with Gasteiger partial charge in [0.1, 0.15) is 17.3 Å². The predicted octanol–water partition coefficient (Wildman–Crippen LogP) is 3.30. The first-order chi connectivity index (χ1) is 12.4. The number of hydrogen-bond acceptors (Lipinski definition) is 3. The normalized spacial score (nSPS) is 15.2. The zero-order valence-electron chi connectivity index (χ0n) is 14.7. The Morgan fingerprint density at radius 3 is 2.81 bits per heavy atom. The molecule has 1 aromatic carbocycles. The second kappa shape index (κ2) is 6.06. The minimum Gasteiger partial charge on any atom is -0.296 e. The fourth-order valence-corrected chi connectivity index (χ4v) is 3.24. The molecule has 3 heterocycles. The lowest BCUT2D eigenvalue weighted by Gasteiger charge is -2.31. The minimum atomic E-state index is -0.390. The molecule has 1 aliphatic rings. The van der Waals surface area contributed by atoms with Crippen LogP contribution >= 0.6 is 0 Å². The SMILES string of the molecule is CC1(C)CCc2nc3cc(C#Cc4ccc(F)cn4)ccc3c(=O)n2C1. The van der Waals surface area contributed by atoms with Gasteiger partial charge in [-0.3, -0.25) is 9.36 Å². The first-order valence-corrected chi connectivity index (χ1v) is 8.58. The van der Waals surface area contributed by atoms with Crippen LogP contribution in [0.1, 0.15) is 37.4 Å². The highest BCUT2D eigenvalue weighted by molar-refractivity contribution is 5.79. The quantitative estimate of drug-likeness (QED) is 0.586. The molecule has 0 N–H and O–H groups in total. The molecule has 0 radical (unpaired) electrons. The van der Waals surface area contributed by atoms with Gasteiger partial charge < -0.3 is 0 Å². The largest absolute Gasteiger partial charge is 0.296 e. The van der Waals surface area contributed by atoms with Crippen LogP contribution in [0.3, 0.4) is 0 Å². The molecule has 0 spiro atoms. The molecule has 0 atom stereocenters. The lowest BCUT2D eigenvalue weighted by atomic mass is 9.85. The van der Waals surface area contributed by atoms with E-state index in [2.05, 4.69) is 30.7 Å². The van der Waals surface area contributed by atoms with Gasteiger partial charge in [0.15, 0.2) is 0 Å². The fourth-order valence-electron chi connectivity index (χ4n) is 3.24. The Morgan fingerprint density at radius 2 is 2.04 bits per heavy atom. The van der Waals surface area contributed by atoms with Crippen molar-refractivity contribution in [2.24, 2.45) is 5.41 Å². The Hall–Kier alpha value is -3.00. The van der Waals surface area contributed by atoms with Gasteiger partial charge in [-0.2, -0.15) is 0 Å². The van der Waals surface area contributed by atoms with Gasteiger partial charge in [-0.15, -0.1) is 0 Å². The first kappa shape index (κ1) is 16.5. The van der Waals surface area contributed by atoms with Crippen molar-refractivity contribution in [3.05, 3.63) is 69.8 Å². The van der Waals surface area contributed by atoms with Gasteiger partial charge in [0.25, 0.3) is 5.56 Å². The summed E-state index contributed by atoms with van der Waals surface area (Å²) in [5, 5.41) is 0.608. The molecule has 0 aliphatic carbocycles. The predicted molar refractivity (Wildman–Crippen MR) is 98.3 cm³/mol. The van der Waals surface area contributed by atoms with E-state index in [1.807, 2.05) is 12.1 Å². The third-order valence-electron chi connectivity index (χ3n) is 4.71.